The highest BCUT2D eigenvalue weighted by molar-refractivity contribution is 7.15. The van der Waals surface area contributed by atoms with Crippen LogP contribution in [0.15, 0.2) is 0 Å². The maximum atomic E-state index is 12.3. The molecule has 0 spiro atoms. The van der Waals surface area contributed by atoms with E-state index in [1.165, 1.54) is 23.4 Å². The Hall–Kier alpha value is -0.980. The van der Waals surface area contributed by atoms with Crippen LogP contribution in [0.4, 0.5) is 5.13 Å². The predicted molar refractivity (Wildman–Crippen MR) is 79.2 cm³/mol. The van der Waals surface area contributed by atoms with Crippen molar-refractivity contribution in [3.63, 3.8) is 0 Å². The summed E-state index contributed by atoms with van der Waals surface area (Å²) in [5.74, 6) is -0.0876. The number of carbonyl (C=O) groups is 1. The molecule has 1 aromatic rings. The predicted octanol–water partition coefficient (Wildman–Crippen LogP) is 1.58. The summed E-state index contributed by atoms with van der Waals surface area (Å²) in [5, 5.41) is 7.04. The lowest BCUT2D eigenvalue weighted by Crippen LogP contribution is -2.41. The molecule has 1 aliphatic carbocycles. The number of anilines is 1. The van der Waals surface area contributed by atoms with E-state index in [4.69, 9.17) is 4.74 Å². The standard InChI is InChI=1S/C14H21N3O2S/c1-2-15-11-8-19-7-9(11)13(18)17-14-16-10-5-3-4-6-12(10)20-14/h9,11,15H,2-8H2,1H3,(H,16,17,18). The van der Waals surface area contributed by atoms with Crippen LogP contribution < -0.4 is 10.6 Å². The largest absolute Gasteiger partial charge is 0.379 e. The first-order valence-electron chi connectivity index (χ1n) is 7.38. The second-order valence-electron chi connectivity index (χ2n) is 5.39. The molecular weight excluding hydrogens is 274 g/mol. The van der Waals surface area contributed by atoms with Crippen LogP contribution in [0.25, 0.3) is 0 Å². The van der Waals surface area contributed by atoms with Gasteiger partial charge in [-0.3, -0.25) is 4.79 Å². The molecule has 0 saturated carbocycles. The summed E-state index contributed by atoms with van der Waals surface area (Å²) >= 11 is 1.63. The van der Waals surface area contributed by atoms with E-state index in [-0.39, 0.29) is 17.9 Å². The Morgan fingerprint density at radius 2 is 2.25 bits per heavy atom. The van der Waals surface area contributed by atoms with E-state index >= 15 is 0 Å². The molecule has 0 bridgehead atoms. The van der Waals surface area contributed by atoms with Crippen LogP contribution in [0, 0.1) is 5.92 Å². The van der Waals surface area contributed by atoms with Gasteiger partial charge in [-0.2, -0.15) is 0 Å². The molecule has 1 saturated heterocycles. The topological polar surface area (TPSA) is 63.2 Å². The minimum atomic E-state index is -0.115. The van der Waals surface area contributed by atoms with Gasteiger partial charge >= 0.3 is 0 Å². The lowest BCUT2D eigenvalue weighted by molar-refractivity contribution is -0.120. The summed E-state index contributed by atoms with van der Waals surface area (Å²) in [5.41, 5.74) is 1.18. The van der Waals surface area contributed by atoms with Gasteiger partial charge in [-0.25, -0.2) is 4.98 Å². The summed E-state index contributed by atoms with van der Waals surface area (Å²) < 4.78 is 5.42. The highest BCUT2D eigenvalue weighted by atomic mass is 32.1. The summed E-state index contributed by atoms with van der Waals surface area (Å²) in [6.45, 7) is 4.00. The van der Waals surface area contributed by atoms with Gasteiger partial charge in [-0.1, -0.05) is 6.92 Å². The lowest BCUT2D eigenvalue weighted by Gasteiger charge is -2.16. The van der Waals surface area contributed by atoms with Crippen molar-refractivity contribution in [1.29, 1.82) is 0 Å². The van der Waals surface area contributed by atoms with Crippen molar-refractivity contribution >= 4 is 22.4 Å². The van der Waals surface area contributed by atoms with Crippen molar-refractivity contribution < 1.29 is 9.53 Å². The average Bonchev–Trinajstić information content (AvgIpc) is 3.04. The van der Waals surface area contributed by atoms with Crippen molar-refractivity contribution in [2.75, 3.05) is 25.1 Å². The maximum absolute atomic E-state index is 12.3. The van der Waals surface area contributed by atoms with Crippen LogP contribution in [-0.2, 0) is 22.4 Å². The van der Waals surface area contributed by atoms with Crippen LogP contribution >= 0.6 is 11.3 Å². The Morgan fingerprint density at radius 3 is 3.05 bits per heavy atom. The smallest absolute Gasteiger partial charge is 0.233 e. The number of nitrogens with zero attached hydrogens (tertiary/aromatic N) is 1. The van der Waals surface area contributed by atoms with Crippen molar-refractivity contribution in [3.05, 3.63) is 10.6 Å². The molecule has 2 heterocycles. The zero-order chi connectivity index (χ0) is 13.9. The molecule has 5 nitrogen and oxygen atoms in total. The Balaban J connectivity index is 1.65. The second-order valence-corrected chi connectivity index (χ2v) is 6.48. The highest BCUT2D eigenvalue weighted by Gasteiger charge is 2.34. The van der Waals surface area contributed by atoms with E-state index in [0.717, 1.165) is 24.5 Å². The van der Waals surface area contributed by atoms with Crippen LogP contribution in [-0.4, -0.2) is 36.7 Å². The van der Waals surface area contributed by atoms with Gasteiger partial charge in [-0.15, -0.1) is 11.3 Å². The number of likely N-dealkylation sites (N-methyl/N-ethyl adjacent to an activating group) is 1. The van der Waals surface area contributed by atoms with E-state index < -0.39 is 0 Å². The van der Waals surface area contributed by atoms with Crippen LogP contribution in [0.1, 0.15) is 30.3 Å². The zero-order valence-corrected chi connectivity index (χ0v) is 12.6. The van der Waals surface area contributed by atoms with E-state index in [1.54, 1.807) is 11.3 Å². The molecule has 6 heteroatoms. The normalized spacial score (nSPS) is 25.4. The highest BCUT2D eigenvalue weighted by Crippen LogP contribution is 2.30. The third-order valence-corrected chi connectivity index (χ3v) is 5.03. The monoisotopic (exact) mass is 295 g/mol. The molecule has 1 fully saturated rings. The first-order valence-corrected chi connectivity index (χ1v) is 8.20. The number of nitrogens with one attached hydrogen (secondary N) is 2. The fourth-order valence-electron chi connectivity index (χ4n) is 2.88. The quantitative estimate of drug-likeness (QED) is 0.885. The van der Waals surface area contributed by atoms with Crippen LogP contribution in [0.3, 0.4) is 0 Å². The van der Waals surface area contributed by atoms with Crippen LogP contribution in [0.5, 0.6) is 0 Å². The Bertz CT molecular complexity index is 465. The van der Waals surface area contributed by atoms with Gasteiger partial charge < -0.3 is 15.4 Å². The molecule has 0 aromatic carbocycles. The summed E-state index contributed by atoms with van der Waals surface area (Å²) in [7, 11) is 0. The number of rotatable bonds is 4. The molecule has 2 unspecified atom stereocenters. The fraction of sp³-hybridized carbons (Fsp3) is 0.714. The van der Waals surface area contributed by atoms with Gasteiger partial charge in [0.15, 0.2) is 5.13 Å². The number of fused-ring (bicyclic) bond motifs is 1. The Kier molecular flexibility index (Phi) is 4.33. The molecule has 1 aromatic heterocycles. The van der Waals surface area contributed by atoms with Crippen molar-refractivity contribution in [3.8, 4) is 0 Å². The molecule has 3 rings (SSSR count). The molecule has 2 aliphatic rings. The van der Waals surface area contributed by atoms with Crippen LogP contribution in [0.2, 0.25) is 0 Å². The van der Waals surface area contributed by atoms with E-state index in [9.17, 15) is 4.79 Å². The third-order valence-electron chi connectivity index (χ3n) is 3.96. The number of hydrogen-bond acceptors (Lipinski definition) is 5. The number of amides is 1. The number of thiazole rings is 1. The van der Waals surface area contributed by atoms with E-state index in [0.29, 0.717) is 13.2 Å². The first-order chi connectivity index (χ1) is 9.78. The number of hydrogen-bond donors (Lipinski definition) is 2. The SMILES string of the molecule is CCNC1COCC1C(=O)Nc1nc2c(s1)CCCC2. The maximum Gasteiger partial charge on any atom is 0.233 e. The van der Waals surface area contributed by atoms with Gasteiger partial charge in [0.1, 0.15) is 0 Å². The average molecular weight is 295 g/mol. The number of aryl methyl sites for hydroxylation is 2. The van der Waals surface area contributed by atoms with Gasteiger partial charge in [0.05, 0.1) is 24.8 Å². The summed E-state index contributed by atoms with van der Waals surface area (Å²) in [6, 6.07) is 0.120. The van der Waals surface area contributed by atoms with Gasteiger partial charge in [0, 0.05) is 10.9 Å². The Morgan fingerprint density at radius 1 is 1.40 bits per heavy atom. The number of carbonyl (C=O) groups excluding carboxylic acids is 1. The minimum absolute atomic E-state index is 0.0274. The number of aromatic nitrogens is 1. The van der Waals surface area contributed by atoms with Crippen molar-refractivity contribution in [2.45, 2.75) is 38.6 Å². The van der Waals surface area contributed by atoms with Gasteiger partial charge in [0.25, 0.3) is 0 Å². The Labute approximate surface area is 123 Å². The molecule has 20 heavy (non-hydrogen) atoms. The van der Waals surface area contributed by atoms with E-state index in [1.807, 2.05) is 6.92 Å². The fourth-order valence-corrected chi connectivity index (χ4v) is 3.93. The molecule has 110 valence electrons. The molecule has 1 aliphatic heterocycles. The lowest BCUT2D eigenvalue weighted by atomic mass is 10.0. The number of ether oxygens (including phenoxy) is 1. The third kappa shape index (κ3) is 2.87. The van der Waals surface area contributed by atoms with Crippen molar-refractivity contribution in [1.82, 2.24) is 10.3 Å². The molecule has 0 radical (unpaired) electrons. The second kappa shape index (κ2) is 6.20. The molecular formula is C14H21N3O2S. The van der Waals surface area contributed by atoms with Crippen molar-refractivity contribution in [2.24, 2.45) is 5.92 Å². The minimum Gasteiger partial charge on any atom is -0.379 e. The zero-order valence-electron chi connectivity index (χ0n) is 11.8. The van der Waals surface area contributed by atoms with Gasteiger partial charge in [0.2, 0.25) is 5.91 Å². The van der Waals surface area contributed by atoms with E-state index in [2.05, 4.69) is 15.6 Å². The molecule has 2 N–H and O–H groups in total. The molecule has 1 amide bonds. The summed E-state index contributed by atoms with van der Waals surface area (Å²) in [4.78, 5) is 18.3. The van der Waals surface area contributed by atoms with Gasteiger partial charge in [-0.05, 0) is 32.2 Å². The first kappa shape index (κ1) is 14.0. The summed E-state index contributed by atoms with van der Waals surface area (Å²) in [6.07, 6.45) is 4.61. The molecule has 2 atom stereocenters.